The first-order chi connectivity index (χ1) is 13.0. The fourth-order valence-electron chi connectivity index (χ4n) is 2.44. The van der Waals surface area contributed by atoms with Gasteiger partial charge in [0.25, 0.3) is 0 Å². The van der Waals surface area contributed by atoms with Crippen LogP contribution < -0.4 is 16.0 Å². The number of nitrogens with zero attached hydrogens (tertiary/aromatic N) is 1. The van der Waals surface area contributed by atoms with E-state index in [0.717, 1.165) is 11.3 Å². The molecular weight excluding hydrogens is 354 g/mol. The highest BCUT2D eigenvalue weighted by Gasteiger charge is 2.18. The van der Waals surface area contributed by atoms with E-state index in [-0.39, 0.29) is 5.69 Å². The van der Waals surface area contributed by atoms with Gasteiger partial charge in [-0.3, -0.25) is 19.9 Å². The van der Waals surface area contributed by atoms with Crippen LogP contribution in [0.1, 0.15) is 18.4 Å². The van der Waals surface area contributed by atoms with Gasteiger partial charge in [-0.15, -0.1) is 0 Å². The molecule has 2 N–H and O–H groups in total. The summed E-state index contributed by atoms with van der Waals surface area (Å²) in [5, 5.41) is 11.0. The van der Waals surface area contributed by atoms with Gasteiger partial charge in [-0.25, -0.2) is 4.79 Å². The summed E-state index contributed by atoms with van der Waals surface area (Å²) in [6.45, 7) is 2.47. The van der Waals surface area contributed by atoms with Gasteiger partial charge < -0.3 is 14.1 Å². The van der Waals surface area contributed by atoms with Crippen molar-refractivity contribution in [2.75, 3.05) is 6.61 Å². The van der Waals surface area contributed by atoms with Gasteiger partial charge in [0.2, 0.25) is 0 Å². The predicted molar refractivity (Wildman–Crippen MR) is 98.6 cm³/mol. The quantitative estimate of drug-likeness (QED) is 0.507. The zero-order valence-corrected chi connectivity index (χ0v) is 14.2. The third-order valence-corrected chi connectivity index (χ3v) is 3.62. The molecule has 0 saturated carbocycles. The lowest BCUT2D eigenvalue weighted by molar-refractivity contribution is -0.386. The average Bonchev–Trinajstić information content (AvgIpc) is 3.09. The van der Waals surface area contributed by atoms with Gasteiger partial charge in [-0.2, -0.15) is 0 Å². The van der Waals surface area contributed by atoms with E-state index in [2.05, 4.69) is 4.98 Å². The molecular formula is C18H15N3O6. The molecule has 0 aliphatic carbocycles. The lowest BCUT2D eigenvalue weighted by Gasteiger charge is -2.03. The summed E-state index contributed by atoms with van der Waals surface area (Å²) in [5.41, 5.74) is -2.04. The highest BCUT2D eigenvalue weighted by atomic mass is 16.6. The molecule has 3 rings (SSSR count). The smallest absolute Gasteiger partial charge is 0.357 e. The molecule has 2 aromatic heterocycles. The van der Waals surface area contributed by atoms with Crippen LogP contribution in [-0.2, 0) is 0 Å². The van der Waals surface area contributed by atoms with Crippen LogP contribution >= 0.6 is 0 Å². The normalized spacial score (nSPS) is 11.0. The molecule has 0 spiro atoms. The summed E-state index contributed by atoms with van der Waals surface area (Å²) < 4.78 is 11.1. The average molecular weight is 369 g/mol. The molecule has 9 heteroatoms. The van der Waals surface area contributed by atoms with E-state index in [9.17, 15) is 19.7 Å². The van der Waals surface area contributed by atoms with Crippen LogP contribution in [-0.4, -0.2) is 21.5 Å². The van der Waals surface area contributed by atoms with Crippen molar-refractivity contribution in [1.29, 1.82) is 0 Å². The van der Waals surface area contributed by atoms with Gasteiger partial charge in [-0.1, -0.05) is 0 Å². The van der Waals surface area contributed by atoms with Crippen molar-refractivity contribution in [3.63, 3.8) is 0 Å². The van der Waals surface area contributed by atoms with E-state index in [1.807, 2.05) is 36.2 Å². The van der Waals surface area contributed by atoms with Crippen LogP contribution in [0.15, 0.2) is 50.4 Å². The lowest BCUT2D eigenvalue weighted by atomic mass is 10.2. The second-order valence-electron chi connectivity index (χ2n) is 5.42. The molecule has 9 nitrogen and oxygen atoms in total. The largest absolute Gasteiger partial charge is 0.494 e. The molecule has 0 unspecified atom stereocenters. The first-order valence-electron chi connectivity index (χ1n) is 8.00. The molecule has 138 valence electrons. The number of aromatic nitrogens is 2. The van der Waals surface area contributed by atoms with E-state index in [0.29, 0.717) is 18.1 Å². The Morgan fingerprint density at radius 2 is 1.85 bits per heavy atom. The van der Waals surface area contributed by atoms with Gasteiger partial charge in [0.1, 0.15) is 23.0 Å². The Hall–Kier alpha value is -3.88. The SMILES string of the molecule is CCOc1ccc(-c2ccc(C=Cc3[nH]c(=O)[nH]c(=O)c3[N+](=O)[O-])o2)cc1. The Kier molecular flexibility index (Phi) is 5.02. The van der Waals surface area contributed by atoms with E-state index in [1.54, 1.807) is 12.1 Å². The molecule has 0 aliphatic rings. The number of ether oxygens (including phenoxy) is 1. The van der Waals surface area contributed by atoms with E-state index in [4.69, 9.17) is 9.15 Å². The van der Waals surface area contributed by atoms with Crippen LogP contribution in [0, 0.1) is 10.1 Å². The summed E-state index contributed by atoms with van der Waals surface area (Å²) in [6, 6.07) is 10.7. The molecule has 2 heterocycles. The Balaban J connectivity index is 1.87. The highest BCUT2D eigenvalue weighted by molar-refractivity contribution is 5.71. The third kappa shape index (κ3) is 4.03. The summed E-state index contributed by atoms with van der Waals surface area (Å²) in [4.78, 5) is 37.2. The van der Waals surface area contributed by atoms with Gasteiger partial charge in [0.15, 0.2) is 0 Å². The maximum atomic E-state index is 11.6. The number of H-pyrrole nitrogens is 2. The molecule has 0 amide bonds. The highest BCUT2D eigenvalue weighted by Crippen LogP contribution is 2.25. The van der Waals surface area contributed by atoms with E-state index >= 15 is 0 Å². The monoisotopic (exact) mass is 369 g/mol. The van der Waals surface area contributed by atoms with Gasteiger partial charge >= 0.3 is 16.9 Å². The number of nitro groups is 1. The van der Waals surface area contributed by atoms with Gasteiger partial charge in [0.05, 0.1) is 11.5 Å². The van der Waals surface area contributed by atoms with Crippen LogP contribution in [0.3, 0.4) is 0 Å². The predicted octanol–water partition coefficient (Wildman–Crippen LogP) is 2.80. The maximum absolute atomic E-state index is 11.6. The Morgan fingerprint density at radius 1 is 1.11 bits per heavy atom. The molecule has 0 radical (unpaired) electrons. The Bertz CT molecular complexity index is 1110. The van der Waals surface area contributed by atoms with Gasteiger partial charge in [-0.05, 0) is 55.5 Å². The van der Waals surface area contributed by atoms with E-state index in [1.165, 1.54) is 12.2 Å². The number of hydrogen-bond donors (Lipinski definition) is 2. The molecule has 1 aromatic carbocycles. The van der Waals surface area contributed by atoms with Crippen molar-refractivity contribution in [3.05, 3.63) is 78.8 Å². The molecule has 0 bridgehead atoms. The van der Waals surface area contributed by atoms with Crippen LogP contribution in [0.25, 0.3) is 23.5 Å². The summed E-state index contributed by atoms with van der Waals surface area (Å²) in [5.74, 6) is 1.74. The van der Waals surface area contributed by atoms with Crippen LogP contribution in [0.4, 0.5) is 5.69 Å². The standard InChI is InChI=1S/C18H15N3O6/c1-2-26-12-5-3-11(4-6-12)15-10-8-13(27-15)7-9-14-16(21(24)25)17(22)20-18(23)19-14/h3-10H,2H2,1H3,(H2,19,20,22,23). The minimum absolute atomic E-state index is 0.215. The first kappa shape index (κ1) is 17.9. The zero-order valence-electron chi connectivity index (χ0n) is 14.2. The molecule has 3 aromatic rings. The molecule has 27 heavy (non-hydrogen) atoms. The molecule has 0 aliphatic heterocycles. The number of furan rings is 1. The summed E-state index contributed by atoms with van der Waals surface area (Å²) >= 11 is 0. The van der Waals surface area contributed by atoms with Crippen molar-refractivity contribution in [3.8, 4) is 17.1 Å². The summed E-state index contributed by atoms with van der Waals surface area (Å²) in [7, 11) is 0. The Labute approximate surface area is 152 Å². The second kappa shape index (κ2) is 7.56. The zero-order chi connectivity index (χ0) is 19.4. The number of hydrogen-bond acceptors (Lipinski definition) is 6. The van der Waals surface area contributed by atoms with Crippen molar-refractivity contribution < 1.29 is 14.1 Å². The lowest BCUT2D eigenvalue weighted by Crippen LogP contribution is -2.25. The minimum atomic E-state index is -1.07. The van der Waals surface area contributed by atoms with Crippen LogP contribution in [0.2, 0.25) is 0 Å². The third-order valence-electron chi connectivity index (χ3n) is 3.62. The topological polar surface area (TPSA) is 131 Å². The van der Waals surface area contributed by atoms with Crippen molar-refractivity contribution in [1.82, 2.24) is 9.97 Å². The second-order valence-corrected chi connectivity index (χ2v) is 5.42. The number of rotatable bonds is 6. The minimum Gasteiger partial charge on any atom is -0.494 e. The number of nitrogens with one attached hydrogen (secondary N) is 2. The number of benzene rings is 1. The molecule has 0 atom stereocenters. The number of aromatic amines is 2. The maximum Gasteiger partial charge on any atom is 0.357 e. The fraction of sp³-hybridized carbons (Fsp3) is 0.111. The van der Waals surface area contributed by atoms with Crippen molar-refractivity contribution in [2.24, 2.45) is 0 Å². The van der Waals surface area contributed by atoms with Crippen molar-refractivity contribution in [2.45, 2.75) is 6.92 Å². The van der Waals surface area contributed by atoms with E-state index < -0.39 is 21.9 Å². The fourth-order valence-corrected chi connectivity index (χ4v) is 2.44. The first-order valence-corrected chi connectivity index (χ1v) is 8.00. The summed E-state index contributed by atoms with van der Waals surface area (Å²) in [6.07, 6.45) is 2.67. The molecule has 0 saturated heterocycles. The van der Waals surface area contributed by atoms with Gasteiger partial charge in [0, 0.05) is 5.56 Å². The van der Waals surface area contributed by atoms with Crippen LogP contribution in [0.5, 0.6) is 5.75 Å². The Morgan fingerprint density at radius 3 is 2.52 bits per heavy atom. The van der Waals surface area contributed by atoms with Crippen molar-refractivity contribution >= 4 is 17.8 Å². The molecule has 0 fully saturated rings.